The SMILES string of the molecule is CCc1cnc(CCNC(=NC)NCC(=O)N2CCN(c3ccccc3)CC2)s1. The molecule has 29 heavy (non-hydrogen) atoms. The number of guanidine groups is 1. The van der Waals surface area contributed by atoms with Crippen LogP contribution in [-0.4, -0.2) is 68.1 Å². The van der Waals surface area contributed by atoms with Crippen LogP contribution < -0.4 is 15.5 Å². The number of aryl methyl sites for hydroxylation is 1. The van der Waals surface area contributed by atoms with Crippen LogP contribution >= 0.6 is 11.3 Å². The first-order valence-electron chi connectivity index (χ1n) is 10.2. The molecular weight excluding hydrogens is 384 g/mol. The lowest BCUT2D eigenvalue weighted by molar-refractivity contribution is -0.130. The van der Waals surface area contributed by atoms with E-state index in [2.05, 4.69) is 44.6 Å². The molecule has 0 spiro atoms. The van der Waals surface area contributed by atoms with E-state index in [4.69, 9.17) is 0 Å². The molecule has 3 rings (SSSR count). The van der Waals surface area contributed by atoms with Gasteiger partial charge in [0.2, 0.25) is 5.91 Å². The Balaban J connectivity index is 1.36. The average Bonchev–Trinajstić information content (AvgIpc) is 3.24. The van der Waals surface area contributed by atoms with Crippen LogP contribution in [-0.2, 0) is 17.6 Å². The van der Waals surface area contributed by atoms with Crippen LogP contribution in [0, 0.1) is 0 Å². The molecule has 1 fully saturated rings. The number of carbonyl (C=O) groups is 1. The monoisotopic (exact) mass is 414 g/mol. The largest absolute Gasteiger partial charge is 0.368 e. The summed E-state index contributed by atoms with van der Waals surface area (Å²) in [5, 5.41) is 7.51. The van der Waals surface area contributed by atoms with Gasteiger partial charge in [-0.15, -0.1) is 11.3 Å². The Labute approximate surface area is 176 Å². The number of amides is 1. The highest BCUT2D eigenvalue weighted by Crippen LogP contribution is 2.15. The van der Waals surface area contributed by atoms with Gasteiger partial charge in [-0.25, -0.2) is 4.98 Å². The lowest BCUT2D eigenvalue weighted by atomic mass is 10.2. The molecule has 1 aromatic heterocycles. The molecule has 1 aliphatic heterocycles. The Bertz CT molecular complexity index is 799. The fourth-order valence-corrected chi connectivity index (χ4v) is 4.12. The van der Waals surface area contributed by atoms with E-state index < -0.39 is 0 Å². The number of carbonyl (C=O) groups excluding carboxylic acids is 1. The molecule has 1 aliphatic rings. The van der Waals surface area contributed by atoms with Crippen molar-refractivity contribution < 1.29 is 4.79 Å². The number of nitrogens with zero attached hydrogens (tertiary/aromatic N) is 4. The van der Waals surface area contributed by atoms with Crippen molar-refractivity contribution in [1.82, 2.24) is 20.5 Å². The highest BCUT2D eigenvalue weighted by molar-refractivity contribution is 7.11. The maximum atomic E-state index is 12.5. The van der Waals surface area contributed by atoms with Gasteiger partial charge >= 0.3 is 0 Å². The van der Waals surface area contributed by atoms with Gasteiger partial charge in [-0.2, -0.15) is 0 Å². The van der Waals surface area contributed by atoms with E-state index in [0.29, 0.717) is 5.96 Å². The number of anilines is 1. The zero-order valence-electron chi connectivity index (χ0n) is 17.2. The van der Waals surface area contributed by atoms with E-state index in [9.17, 15) is 4.79 Å². The molecule has 2 heterocycles. The number of thiazole rings is 1. The van der Waals surface area contributed by atoms with Gasteiger partial charge in [0, 0.05) is 63.0 Å². The third-order valence-electron chi connectivity index (χ3n) is 4.97. The Morgan fingerprint density at radius 3 is 2.59 bits per heavy atom. The fraction of sp³-hybridized carbons (Fsp3) is 0.476. The number of hydrogen-bond donors (Lipinski definition) is 2. The number of nitrogens with one attached hydrogen (secondary N) is 2. The zero-order valence-corrected chi connectivity index (χ0v) is 18.0. The summed E-state index contributed by atoms with van der Waals surface area (Å²) in [6.45, 7) is 6.32. The third-order valence-corrected chi connectivity index (χ3v) is 6.17. The molecule has 1 amide bonds. The first-order valence-corrected chi connectivity index (χ1v) is 11.0. The van der Waals surface area contributed by atoms with Crippen LogP contribution in [0.2, 0.25) is 0 Å². The predicted molar refractivity (Wildman–Crippen MR) is 120 cm³/mol. The van der Waals surface area contributed by atoms with Crippen LogP contribution in [0.15, 0.2) is 41.5 Å². The second-order valence-corrected chi connectivity index (χ2v) is 8.08. The Morgan fingerprint density at radius 2 is 1.93 bits per heavy atom. The summed E-state index contributed by atoms with van der Waals surface area (Å²) in [5.74, 6) is 0.752. The van der Waals surface area contributed by atoms with Crippen molar-refractivity contribution in [2.24, 2.45) is 4.99 Å². The van der Waals surface area contributed by atoms with Crippen LogP contribution in [0.4, 0.5) is 5.69 Å². The smallest absolute Gasteiger partial charge is 0.242 e. The highest BCUT2D eigenvalue weighted by atomic mass is 32.1. The molecule has 0 atom stereocenters. The van der Waals surface area contributed by atoms with Crippen molar-refractivity contribution in [2.45, 2.75) is 19.8 Å². The van der Waals surface area contributed by atoms with Gasteiger partial charge in [0.15, 0.2) is 5.96 Å². The lowest BCUT2D eigenvalue weighted by Crippen LogP contribution is -2.52. The fourth-order valence-electron chi connectivity index (χ4n) is 3.26. The molecule has 1 saturated heterocycles. The summed E-state index contributed by atoms with van der Waals surface area (Å²) in [7, 11) is 1.72. The molecule has 0 bridgehead atoms. The van der Waals surface area contributed by atoms with Crippen molar-refractivity contribution in [3.05, 3.63) is 46.4 Å². The molecule has 0 aliphatic carbocycles. The Morgan fingerprint density at radius 1 is 1.17 bits per heavy atom. The number of rotatable bonds is 7. The standard InChI is InChI=1S/C21H30N6OS/c1-3-18-15-24-19(29-18)9-10-23-21(22-2)25-16-20(28)27-13-11-26(12-14-27)17-7-5-4-6-8-17/h4-8,15H,3,9-14,16H2,1-2H3,(H2,22,23,25). The van der Waals surface area contributed by atoms with Gasteiger partial charge in [-0.3, -0.25) is 9.79 Å². The minimum absolute atomic E-state index is 0.105. The van der Waals surface area contributed by atoms with Gasteiger partial charge in [0.25, 0.3) is 0 Å². The van der Waals surface area contributed by atoms with Crippen LogP contribution in [0.25, 0.3) is 0 Å². The summed E-state index contributed by atoms with van der Waals surface area (Å²) in [5.41, 5.74) is 1.22. The number of para-hydroxylation sites is 1. The van der Waals surface area contributed by atoms with Crippen molar-refractivity contribution >= 4 is 28.9 Å². The number of benzene rings is 1. The normalized spacial score (nSPS) is 14.8. The predicted octanol–water partition coefficient (Wildman–Crippen LogP) is 1.76. The van der Waals surface area contributed by atoms with Gasteiger partial charge in [0.1, 0.15) is 0 Å². The molecule has 2 N–H and O–H groups in total. The zero-order chi connectivity index (χ0) is 20.5. The molecule has 0 unspecified atom stereocenters. The highest BCUT2D eigenvalue weighted by Gasteiger charge is 2.21. The topological polar surface area (TPSA) is 72.9 Å². The number of aliphatic imine (C=N–C) groups is 1. The van der Waals surface area contributed by atoms with Gasteiger partial charge < -0.3 is 20.4 Å². The Hall–Kier alpha value is -2.61. The van der Waals surface area contributed by atoms with Crippen molar-refractivity contribution in [1.29, 1.82) is 0 Å². The van der Waals surface area contributed by atoms with Crippen LogP contribution in [0.1, 0.15) is 16.8 Å². The van der Waals surface area contributed by atoms with Crippen molar-refractivity contribution in [2.75, 3.05) is 51.2 Å². The second-order valence-electron chi connectivity index (χ2n) is 6.88. The summed E-state index contributed by atoms with van der Waals surface area (Å²) < 4.78 is 0. The van der Waals surface area contributed by atoms with Crippen molar-refractivity contribution in [3.63, 3.8) is 0 Å². The first kappa shape index (κ1) is 21.1. The van der Waals surface area contributed by atoms with Crippen LogP contribution in [0.5, 0.6) is 0 Å². The minimum atomic E-state index is 0.105. The molecule has 0 radical (unpaired) electrons. The van der Waals surface area contributed by atoms with E-state index in [0.717, 1.165) is 50.6 Å². The summed E-state index contributed by atoms with van der Waals surface area (Å²) in [6.07, 6.45) is 3.82. The van der Waals surface area contributed by atoms with E-state index in [1.807, 2.05) is 29.3 Å². The molecule has 156 valence electrons. The quantitative estimate of drug-likeness (QED) is 0.534. The van der Waals surface area contributed by atoms with Gasteiger partial charge in [0.05, 0.1) is 11.6 Å². The first-order chi connectivity index (χ1) is 14.2. The number of aromatic nitrogens is 1. The molecule has 7 nitrogen and oxygen atoms in total. The van der Waals surface area contributed by atoms with E-state index in [1.54, 1.807) is 18.4 Å². The van der Waals surface area contributed by atoms with E-state index in [1.165, 1.54) is 10.6 Å². The second kappa shape index (κ2) is 10.8. The van der Waals surface area contributed by atoms with Gasteiger partial charge in [-0.05, 0) is 18.6 Å². The number of piperazine rings is 1. The Kier molecular flexibility index (Phi) is 7.86. The minimum Gasteiger partial charge on any atom is -0.368 e. The maximum Gasteiger partial charge on any atom is 0.242 e. The van der Waals surface area contributed by atoms with E-state index in [-0.39, 0.29) is 12.5 Å². The van der Waals surface area contributed by atoms with Gasteiger partial charge in [-0.1, -0.05) is 25.1 Å². The van der Waals surface area contributed by atoms with Crippen LogP contribution in [0.3, 0.4) is 0 Å². The molecule has 0 saturated carbocycles. The molecular formula is C21H30N6OS. The molecule has 8 heteroatoms. The number of hydrogen-bond acceptors (Lipinski definition) is 5. The summed E-state index contributed by atoms with van der Waals surface area (Å²) >= 11 is 1.75. The maximum absolute atomic E-state index is 12.5. The average molecular weight is 415 g/mol. The third kappa shape index (κ3) is 6.19. The molecule has 1 aromatic carbocycles. The van der Waals surface area contributed by atoms with E-state index >= 15 is 0 Å². The van der Waals surface area contributed by atoms with Crippen molar-refractivity contribution in [3.8, 4) is 0 Å². The molecule has 2 aromatic rings. The summed E-state index contributed by atoms with van der Waals surface area (Å²) in [4.78, 5) is 26.7. The lowest BCUT2D eigenvalue weighted by Gasteiger charge is -2.36. The summed E-state index contributed by atoms with van der Waals surface area (Å²) in [6, 6.07) is 10.3.